The van der Waals surface area contributed by atoms with Crippen molar-refractivity contribution in [2.45, 2.75) is 20.4 Å². The number of nitrogens with zero attached hydrogens (tertiary/aromatic N) is 1. The first-order valence-electron chi connectivity index (χ1n) is 6.21. The van der Waals surface area contributed by atoms with E-state index in [-0.39, 0.29) is 5.91 Å². The fraction of sp³-hybridized carbons (Fsp3) is 0.286. The van der Waals surface area contributed by atoms with Crippen LogP contribution in [0.25, 0.3) is 0 Å². The molecule has 100 valence electrons. The highest BCUT2D eigenvalue weighted by molar-refractivity contribution is 7.09. The molecule has 0 unspecified atom stereocenters. The maximum Gasteiger partial charge on any atom is 0.251 e. The van der Waals surface area contributed by atoms with Crippen molar-refractivity contribution in [1.82, 2.24) is 10.3 Å². The first-order valence-corrected chi connectivity index (χ1v) is 7.09. The molecule has 0 aliphatic rings. The quantitative estimate of drug-likeness (QED) is 0.882. The molecule has 0 fully saturated rings. The van der Waals surface area contributed by atoms with Crippen LogP contribution in [-0.4, -0.2) is 17.4 Å². The Balaban J connectivity index is 2.02. The van der Waals surface area contributed by atoms with E-state index in [1.54, 1.807) is 6.20 Å². The molecule has 2 rings (SSSR count). The Hall–Kier alpha value is -1.88. The fourth-order valence-electron chi connectivity index (χ4n) is 1.82. The second-order valence-electron chi connectivity index (χ2n) is 4.17. The van der Waals surface area contributed by atoms with Crippen LogP contribution in [0, 0.1) is 6.92 Å². The summed E-state index contributed by atoms with van der Waals surface area (Å²) in [5, 5.41) is 8.92. The van der Waals surface area contributed by atoms with Gasteiger partial charge in [0.15, 0.2) is 0 Å². The van der Waals surface area contributed by atoms with E-state index in [1.807, 2.05) is 37.4 Å². The predicted octanol–water partition coefficient (Wildman–Crippen LogP) is 2.81. The van der Waals surface area contributed by atoms with Crippen molar-refractivity contribution >= 4 is 22.9 Å². The van der Waals surface area contributed by atoms with Gasteiger partial charge in [0, 0.05) is 29.4 Å². The highest BCUT2D eigenvalue weighted by Gasteiger charge is 2.09. The summed E-state index contributed by atoms with van der Waals surface area (Å²) in [5.74, 6) is -0.0595. The van der Waals surface area contributed by atoms with Gasteiger partial charge in [-0.15, -0.1) is 11.3 Å². The lowest BCUT2D eigenvalue weighted by atomic mass is 10.1. The van der Waals surface area contributed by atoms with E-state index in [2.05, 4.69) is 15.6 Å². The van der Waals surface area contributed by atoms with Gasteiger partial charge in [0.2, 0.25) is 0 Å². The summed E-state index contributed by atoms with van der Waals surface area (Å²) in [6.45, 7) is 5.34. The molecule has 1 aromatic carbocycles. The van der Waals surface area contributed by atoms with Crippen molar-refractivity contribution in [2.75, 3.05) is 11.9 Å². The molecule has 2 N–H and O–H groups in total. The third-order valence-electron chi connectivity index (χ3n) is 2.74. The lowest BCUT2D eigenvalue weighted by molar-refractivity contribution is 0.0950. The zero-order chi connectivity index (χ0) is 13.7. The second kappa shape index (κ2) is 6.33. The lowest BCUT2D eigenvalue weighted by Crippen LogP contribution is -2.23. The van der Waals surface area contributed by atoms with Crippen LogP contribution < -0.4 is 10.6 Å². The number of rotatable bonds is 5. The molecule has 0 radical (unpaired) electrons. The van der Waals surface area contributed by atoms with Gasteiger partial charge < -0.3 is 10.6 Å². The topological polar surface area (TPSA) is 54.0 Å². The average Bonchev–Trinajstić information content (AvgIpc) is 2.89. The van der Waals surface area contributed by atoms with E-state index < -0.39 is 0 Å². The molecule has 0 atom stereocenters. The average molecular weight is 275 g/mol. The van der Waals surface area contributed by atoms with Crippen molar-refractivity contribution in [2.24, 2.45) is 0 Å². The van der Waals surface area contributed by atoms with E-state index in [0.717, 1.165) is 22.8 Å². The third-order valence-corrected chi connectivity index (χ3v) is 3.52. The number of aromatic nitrogens is 1. The number of hydrogen-bond donors (Lipinski definition) is 2. The molecule has 0 saturated heterocycles. The Kier molecular flexibility index (Phi) is 4.52. The van der Waals surface area contributed by atoms with Crippen LogP contribution >= 0.6 is 11.3 Å². The van der Waals surface area contributed by atoms with Crippen LogP contribution in [0.3, 0.4) is 0 Å². The maximum absolute atomic E-state index is 12.1. The number of benzene rings is 1. The summed E-state index contributed by atoms with van der Waals surface area (Å²) in [4.78, 5) is 16.2. The number of hydrogen-bond acceptors (Lipinski definition) is 4. The van der Waals surface area contributed by atoms with Crippen molar-refractivity contribution in [3.8, 4) is 0 Å². The number of carbonyl (C=O) groups is 1. The molecule has 0 aliphatic heterocycles. The minimum Gasteiger partial charge on any atom is -0.385 e. The molecule has 1 aromatic heterocycles. The normalized spacial score (nSPS) is 10.2. The smallest absolute Gasteiger partial charge is 0.251 e. The molecule has 0 spiro atoms. The Bertz CT molecular complexity index is 552. The van der Waals surface area contributed by atoms with Crippen molar-refractivity contribution in [1.29, 1.82) is 0 Å². The first-order chi connectivity index (χ1) is 9.20. The predicted molar refractivity (Wildman–Crippen MR) is 78.6 cm³/mol. The number of carbonyl (C=O) groups excluding carboxylic acids is 1. The molecule has 0 bridgehead atoms. The van der Waals surface area contributed by atoms with Gasteiger partial charge in [-0.3, -0.25) is 4.79 Å². The molecule has 5 heteroatoms. The van der Waals surface area contributed by atoms with Crippen LogP contribution in [0.1, 0.15) is 27.9 Å². The van der Waals surface area contributed by atoms with Crippen molar-refractivity contribution in [3.63, 3.8) is 0 Å². The van der Waals surface area contributed by atoms with Gasteiger partial charge in [-0.1, -0.05) is 0 Å². The molecular formula is C14H17N3OS. The van der Waals surface area contributed by atoms with Crippen LogP contribution in [0.15, 0.2) is 29.8 Å². The third kappa shape index (κ3) is 3.54. The fourth-order valence-corrected chi connectivity index (χ4v) is 2.38. The summed E-state index contributed by atoms with van der Waals surface area (Å²) in [7, 11) is 0. The summed E-state index contributed by atoms with van der Waals surface area (Å²) < 4.78 is 0. The van der Waals surface area contributed by atoms with E-state index in [9.17, 15) is 4.79 Å². The zero-order valence-corrected chi connectivity index (χ0v) is 11.9. The number of thiazole rings is 1. The number of nitrogens with one attached hydrogen (secondary N) is 2. The summed E-state index contributed by atoms with van der Waals surface area (Å²) >= 11 is 1.54. The van der Waals surface area contributed by atoms with Gasteiger partial charge in [-0.25, -0.2) is 4.98 Å². The van der Waals surface area contributed by atoms with E-state index in [1.165, 1.54) is 11.3 Å². The highest BCUT2D eigenvalue weighted by Crippen LogP contribution is 2.15. The molecule has 19 heavy (non-hydrogen) atoms. The van der Waals surface area contributed by atoms with Gasteiger partial charge in [-0.05, 0) is 37.6 Å². The van der Waals surface area contributed by atoms with Gasteiger partial charge in [-0.2, -0.15) is 0 Å². The largest absolute Gasteiger partial charge is 0.385 e. The zero-order valence-electron chi connectivity index (χ0n) is 11.1. The van der Waals surface area contributed by atoms with E-state index in [4.69, 9.17) is 0 Å². The van der Waals surface area contributed by atoms with Crippen LogP contribution in [-0.2, 0) is 6.54 Å². The molecule has 0 saturated carbocycles. The monoisotopic (exact) mass is 275 g/mol. The highest BCUT2D eigenvalue weighted by atomic mass is 32.1. The Morgan fingerprint density at radius 2 is 2.26 bits per heavy atom. The lowest BCUT2D eigenvalue weighted by Gasteiger charge is -2.09. The summed E-state index contributed by atoms with van der Waals surface area (Å²) in [6, 6.07) is 5.77. The summed E-state index contributed by atoms with van der Waals surface area (Å²) in [6.07, 6.45) is 1.74. The minimum atomic E-state index is -0.0595. The van der Waals surface area contributed by atoms with Crippen LogP contribution in [0.4, 0.5) is 5.69 Å². The van der Waals surface area contributed by atoms with Crippen molar-refractivity contribution < 1.29 is 4.79 Å². The molecule has 4 nitrogen and oxygen atoms in total. The van der Waals surface area contributed by atoms with Gasteiger partial charge >= 0.3 is 0 Å². The van der Waals surface area contributed by atoms with Gasteiger partial charge in [0.1, 0.15) is 5.01 Å². The van der Waals surface area contributed by atoms with Gasteiger partial charge in [0.25, 0.3) is 5.91 Å². The van der Waals surface area contributed by atoms with Crippen LogP contribution in [0.5, 0.6) is 0 Å². The number of amides is 1. The Morgan fingerprint density at radius 1 is 1.42 bits per heavy atom. The number of aryl methyl sites for hydroxylation is 1. The maximum atomic E-state index is 12.1. The summed E-state index contributed by atoms with van der Waals surface area (Å²) in [5.41, 5.74) is 2.71. The second-order valence-corrected chi connectivity index (χ2v) is 5.15. The number of anilines is 1. The molecule has 2 aromatic rings. The van der Waals surface area contributed by atoms with E-state index in [0.29, 0.717) is 12.1 Å². The minimum absolute atomic E-state index is 0.0595. The van der Waals surface area contributed by atoms with Gasteiger partial charge in [0.05, 0.1) is 6.54 Å². The molecule has 1 amide bonds. The molecular weight excluding hydrogens is 258 g/mol. The standard InChI is InChI=1S/C14H17N3OS/c1-3-15-11-4-5-12(10(2)8-11)14(18)17-9-13-16-6-7-19-13/h4-8,15H,3,9H2,1-2H3,(H,17,18). The molecule has 0 aliphatic carbocycles. The SMILES string of the molecule is CCNc1ccc(C(=O)NCc2nccs2)c(C)c1. The first kappa shape index (κ1) is 13.5. The van der Waals surface area contributed by atoms with Crippen molar-refractivity contribution in [3.05, 3.63) is 45.9 Å². The van der Waals surface area contributed by atoms with Crippen LogP contribution in [0.2, 0.25) is 0 Å². The van der Waals surface area contributed by atoms with E-state index >= 15 is 0 Å². The Labute approximate surface area is 116 Å². The Morgan fingerprint density at radius 3 is 2.89 bits per heavy atom. The molecule has 1 heterocycles.